The fraction of sp³-hybridized carbons (Fsp3) is 0.571. The summed E-state index contributed by atoms with van der Waals surface area (Å²) in [6, 6.07) is 10.3. The van der Waals surface area contributed by atoms with E-state index in [2.05, 4.69) is 62.2 Å². The van der Waals surface area contributed by atoms with E-state index in [-0.39, 0.29) is 11.3 Å². The quantitative estimate of drug-likeness (QED) is 0.306. The molecule has 0 N–H and O–H groups in total. The van der Waals surface area contributed by atoms with Gasteiger partial charge in [-0.3, -0.25) is 0 Å². The molecule has 1 aromatic carbocycles. The third-order valence-corrected chi connectivity index (χ3v) is 6.54. The molecule has 0 spiro atoms. The summed E-state index contributed by atoms with van der Waals surface area (Å²) in [6.07, 6.45) is 11.3. The maximum absolute atomic E-state index is 6.15. The Labute approximate surface area is 195 Å². The zero-order valence-corrected chi connectivity index (χ0v) is 20.8. The van der Waals surface area contributed by atoms with Gasteiger partial charge in [0, 0.05) is 18.9 Å². The summed E-state index contributed by atoms with van der Waals surface area (Å²) in [5.41, 5.74) is 4.81. The molecule has 0 radical (unpaired) electrons. The fourth-order valence-electron chi connectivity index (χ4n) is 3.53. The minimum atomic E-state index is 0.179. The summed E-state index contributed by atoms with van der Waals surface area (Å²) in [5, 5.41) is 9.15. The van der Waals surface area contributed by atoms with Crippen LogP contribution in [0.1, 0.15) is 72.3 Å². The molecular weight excluding hydrogens is 396 g/mol. The zero-order valence-electron chi connectivity index (χ0n) is 20.8. The fourth-order valence-corrected chi connectivity index (χ4v) is 3.53. The Bertz CT molecular complexity index is 789. The van der Waals surface area contributed by atoms with Crippen molar-refractivity contribution in [2.24, 2.45) is 21.5 Å². The highest BCUT2D eigenvalue weighted by molar-refractivity contribution is 5.95. The topological polar surface area (TPSA) is 43.2 Å². The van der Waals surface area contributed by atoms with Crippen molar-refractivity contribution in [2.45, 2.75) is 73.3 Å². The third-order valence-electron chi connectivity index (χ3n) is 6.54. The smallest absolute Gasteiger partial charge is 0.0717 e. The van der Waals surface area contributed by atoms with Crippen molar-refractivity contribution in [1.82, 2.24) is 0 Å². The van der Waals surface area contributed by atoms with Gasteiger partial charge in [0.15, 0.2) is 0 Å². The van der Waals surface area contributed by atoms with Crippen LogP contribution in [0, 0.1) is 11.3 Å². The molecule has 0 saturated heterocycles. The number of benzene rings is 1. The van der Waals surface area contributed by atoms with E-state index >= 15 is 0 Å². The third kappa shape index (κ3) is 9.22. The van der Waals surface area contributed by atoms with Crippen LogP contribution in [0.25, 0.3) is 0 Å². The van der Waals surface area contributed by atoms with Crippen molar-refractivity contribution in [1.29, 1.82) is 0 Å². The van der Waals surface area contributed by atoms with Crippen LogP contribution in [0.5, 0.6) is 0 Å². The van der Waals surface area contributed by atoms with Gasteiger partial charge in [0.2, 0.25) is 0 Å². The molecule has 0 unspecified atom stereocenters. The van der Waals surface area contributed by atoms with E-state index < -0.39 is 0 Å². The highest BCUT2D eigenvalue weighted by Crippen LogP contribution is 2.26. The van der Waals surface area contributed by atoms with E-state index in [9.17, 15) is 0 Å². The first-order chi connectivity index (χ1) is 15.5. The minimum absolute atomic E-state index is 0.179. The molecule has 0 aliphatic carbocycles. The van der Waals surface area contributed by atoms with Crippen LogP contribution in [-0.4, -0.2) is 31.2 Å². The van der Waals surface area contributed by atoms with Crippen LogP contribution in [0.15, 0.2) is 64.3 Å². The predicted octanol–water partition coefficient (Wildman–Crippen LogP) is 7.17. The molecule has 1 heterocycles. The molecule has 1 aromatic rings. The average molecular weight is 439 g/mol. The van der Waals surface area contributed by atoms with Crippen molar-refractivity contribution in [3.05, 3.63) is 59.7 Å². The normalized spacial score (nSPS) is 21.7. The van der Waals surface area contributed by atoms with E-state index in [1.807, 2.05) is 31.2 Å². The summed E-state index contributed by atoms with van der Waals surface area (Å²) in [7, 11) is 0. The summed E-state index contributed by atoms with van der Waals surface area (Å²) in [4.78, 5) is 0. The van der Waals surface area contributed by atoms with Gasteiger partial charge in [0.1, 0.15) is 0 Å². The Morgan fingerprint density at radius 3 is 2.47 bits per heavy atom. The summed E-state index contributed by atoms with van der Waals surface area (Å²) >= 11 is 0. The second kappa shape index (κ2) is 14.2. The van der Waals surface area contributed by atoms with E-state index in [1.165, 1.54) is 11.1 Å². The molecule has 32 heavy (non-hydrogen) atoms. The molecule has 0 bridgehead atoms. The van der Waals surface area contributed by atoms with Crippen molar-refractivity contribution in [3.8, 4) is 0 Å². The largest absolute Gasteiger partial charge is 0.381 e. The van der Waals surface area contributed by atoms with Gasteiger partial charge in [-0.2, -0.15) is 10.2 Å². The molecule has 176 valence electrons. The summed E-state index contributed by atoms with van der Waals surface area (Å²) in [5.74, 6) is 0.179. The van der Waals surface area contributed by atoms with Crippen LogP contribution in [0.3, 0.4) is 0 Å². The molecular formula is C28H42N2O2. The monoisotopic (exact) mass is 438 g/mol. The van der Waals surface area contributed by atoms with Gasteiger partial charge >= 0.3 is 0 Å². The molecule has 0 fully saturated rings. The highest BCUT2D eigenvalue weighted by Gasteiger charge is 2.22. The standard InChI is InChI=1S/C28H42N2O2/c1-6-24-16-12-13-23(4)29-30-27(19-24)26(17-18-31-22-28(5,7-2)8-3)21-32-20-25-14-10-9-11-15-25/h9-16,26H,6-8,17-22H2,1-5H3/b13-12-,24-16-,29-23+,30-27+/t26-/m1/s1. The van der Waals surface area contributed by atoms with Gasteiger partial charge in [-0.05, 0) is 49.7 Å². The minimum Gasteiger partial charge on any atom is -0.381 e. The lowest BCUT2D eigenvalue weighted by atomic mass is 9.86. The zero-order chi connectivity index (χ0) is 23.2. The average Bonchev–Trinajstić information content (AvgIpc) is 2.91. The van der Waals surface area contributed by atoms with Crippen LogP contribution < -0.4 is 0 Å². The van der Waals surface area contributed by atoms with Crippen molar-refractivity contribution >= 4 is 11.4 Å². The maximum Gasteiger partial charge on any atom is 0.0717 e. The van der Waals surface area contributed by atoms with E-state index in [1.54, 1.807) is 0 Å². The molecule has 4 heteroatoms. The van der Waals surface area contributed by atoms with Crippen LogP contribution >= 0.6 is 0 Å². The van der Waals surface area contributed by atoms with Crippen molar-refractivity contribution in [3.63, 3.8) is 0 Å². The van der Waals surface area contributed by atoms with Gasteiger partial charge in [-0.15, -0.1) is 0 Å². The lowest BCUT2D eigenvalue weighted by Crippen LogP contribution is -2.25. The molecule has 2 rings (SSSR count). The summed E-state index contributed by atoms with van der Waals surface area (Å²) in [6.45, 7) is 13.7. The van der Waals surface area contributed by atoms with Crippen molar-refractivity contribution in [2.75, 3.05) is 19.8 Å². The molecule has 1 atom stereocenters. The second-order valence-corrected chi connectivity index (χ2v) is 9.10. The predicted molar refractivity (Wildman–Crippen MR) is 136 cm³/mol. The van der Waals surface area contributed by atoms with E-state index in [0.717, 1.165) is 50.1 Å². The van der Waals surface area contributed by atoms with E-state index in [0.29, 0.717) is 19.8 Å². The lowest BCUT2D eigenvalue weighted by Gasteiger charge is -2.27. The van der Waals surface area contributed by atoms with Crippen LogP contribution in [0.4, 0.5) is 0 Å². The van der Waals surface area contributed by atoms with Crippen LogP contribution in [-0.2, 0) is 16.1 Å². The van der Waals surface area contributed by atoms with Gasteiger partial charge in [0.25, 0.3) is 0 Å². The first-order valence-electron chi connectivity index (χ1n) is 12.2. The molecule has 0 amide bonds. The molecule has 0 saturated carbocycles. The lowest BCUT2D eigenvalue weighted by molar-refractivity contribution is 0.0350. The Balaban J connectivity index is 2.08. The van der Waals surface area contributed by atoms with Gasteiger partial charge in [-0.25, -0.2) is 0 Å². The number of hydrogen-bond donors (Lipinski definition) is 0. The Morgan fingerprint density at radius 2 is 1.78 bits per heavy atom. The molecule has 1 aliphatic heterocycles. The second-order valence-electron chi connectivity index (χ2n) is 9.10. The number of ether oxygens (including phenoxy) is 2. The SMILES string of the molecule is CC/C1=C/C=C\C(C)=N\N=C(\[C@H](CCOCC(C)(CC)CC)COCc2ccccc2)C1. The van der Waals surface area contributed by atoms with Gasteiger partial charge < -0.3 is 9.47 Å². The first-order valence-corrected chi connectivity index (χ1v) is 12.2. The number of allylic oxidation sites excluding steroid dienone is 4. The van der Waals surface area contributed by atoms with E-state index in [4.69, 9.17) is 9.47 Å². The number of hydrogen-bond acceptors (Lipinski definition) is 4. The Morgan fingerprint density at radius 1 is 1.03 bits per heavy atom. The molecule has 4 nitrogen and oxygen atoms in total. The van der Waals surface area contributed by atoms with Crippen LogP contribution in [0.2, 0.25) is 0 Å². The maximum atomic E-state index is 6.15. The summed E-state index contributed by atoms with van der Waals surface area (Å²) < 4.78 is 12.3. The number of rotatable bonds is 13. The molecule has 1 aliphatic rings. The number of nitrogens with zero attached hydrogens (tertiary/aromatic N) is 2. The Hall–Kier alpha value is -2.04. The van der Waals surface area contributed by atoms with Gasteiger partial charge in [-0.1, -0.05) is 75.8 Å². The first kappa shape index (κ1) is 26.2. The Kier molecular flexibility index (Phi) is 11.6. The molecule has 0 aromatic heterocycles. The highest BCUT2D eigenvalue weighted by atomic mass is 16.5. The van der Waals surface area contributed by atoms with Gasteiger partial charge in [0.05, 0.1) is 31.2 Å². The van der Waals surface area contributed by atoms with Crippen molar-refractivity contribution < 1.29 is 9.47 Å².